The van der Waals surface area contributed by atoms with Crippen LogP contribution in [-0.4, -0.2) is 50.7 Å². The third-order valence-corrected chi connectivity index (χ3v) is 4.92. The molecule has 4 nitrogen and oxygen atoms in total. The number of rotatable bonds is 8. The molecule has 2 fully saturated rings. The molecule has 2 heterocycles. The molecule has 0 aliphatic carbocycles. The Balaban J connectivity index is 1.51. The van der Waals surface area contributed by atoms with Gasteiger partial charge in [-0.2, -0.15) is 0 Å². The van der Waals surface area contributed by atoms with Crippen molar-refractivity contribution < 1.29 is 9.53 Å². The van der Waals surface area contributed by atoms with Crippen LogP contribution in [0.25, 0.3) is 0 Å². The summed E-state index contributed by atoms with van der Waals surface area (Å²) in [5.74, 6) is 1.78. The van der Waals surface area contributed by atoms with Crippen molar-refractivity contribution in [2.75, 3.05) is 39.4 Å². The van der Waals surface area contributed by atoms with E-state index in [1.54, 1.807) is 0 Å². The van der Waals surface area contributed by atoms with Crippen molar-refractivity contribution in [2.45, 2.75) is 44.9 Å². The summed E-state index contributed by atoms with van der Waals surface area (Å²) in [5.41, 5.74) is 0. The van der Waals surface area contributed by atoms with Gasteiger partial charge in [0.2, 0.25) is 6.41 Å². The third-order valence-electron chi connectivity index (χ3n) is 4.92. The highest BCUT2D eigenvalue weighted by atomic mass is 16.5. The summed E-state index contributed by atoms with van der Waals surface area (Å²) in [6.07, 6.45) is 9.78. The van der Waals surface area contributed by atoms with Crippen LogP contribution in [0, 0.1) is 11.8 Å². The largest absolute Gasteiger partial charge is 0.381 e. The van der Waals surface area contributed by atoms with Gasteiger partial charge in [0, 0.05) is 19.8 Å². The van der Waals surface area contributed by atoms with Gasteiger partial charge in [0.05, 0.1) is 0 Å². The average Bonchev–Trinajstić information content (AvgIpc) is 2.52. The molecule has 1 amide bonds. The van der Waals surface area contributed by atoms with Crippen LogP contribution in [0.1, 0.15) is 44.9 Å². The topological polar surface area (TPSA) is 41.6 Å². The summed E-state index contributed by atoms with van der Waals surface area (Å²) in [4.78, 5) is 12.8. The van der Waals surface area contributed by atoms with Crippen LogP contribution >= 0.6 is 0 Å². The second-order valence-corrected chi connectivity index (χ2v) is 6.34. The molecule has 0 bridgehead atoms. The quantitative estimate of drug-likeness (QED) is 0.547. The molecule has 0 saturated carbocycles. The van der Waals surface area contributed by atoms with Gasteiger partial charge in [0.1, 0.15) is 0 Å². The predicted molar refractivity (Wildman–Crippen MR) is 80.6 cm³/mol. The first kappa shape index (κ1) is 15.8. The van der Waals surface area contributed by atoms with Gasteiger partial charge in [-0.25, -0.2) is 0 Å². The van der Waals surface area contributed by atoms with E-state index in [1.807, 2.05) is 0 Å². The van der Waals surface area contributed by atoms with Crippen LogP contribution in [0.4, 0.5) is 0 Å². The normalized spacial score (nSPS) is 22.8. The van der Waals surface area contributed by atoms with Gasteiger partial charge in [-0.3, -0.25) is 4.79 Å². The Kier molecular flexibility index (Phi) is 7.37. The minimum absolute atomic E-state index is 0.804. The zero-order valence-electron chi connectivity index (χ0n) is 12.7. The highest BCUT2D eigenvalue weighted by Crippen LogP contribution is 2.24. The lowest BCUT2D eigenvalue weighted by Crippen LogP contribution is -2.35. The maximum absolute atomic E-state index is 10.2. The van der Waals surface area contributed by atoms with E-state index >= 15 is 0 Å². The second kappa shape index (κ2) is 9.35. The Morgan fingerprint density at radius 3 is 2.45 bits per heavy atom. The van der Waals surface area contributed by atoms with Gasteiger partial charge in [-0.05, 0) is 76.4 Å². The number of amides is 1. The molecule has 2 rings (SSSR count). The van der Waals surface area contributed by atoms with E-state index in [-0.39, 0.29) is 0 Å². The van der Waals surface area contributed by atoms with E-state index in [1.165, 1.54) is 58.2 Å². The highest BCUT2D eigenvalue weighted by Gasteiger charge is 2.20. The van der Waals surface area contributed by atoms with Gasteiger partial charge < -0.3 is 15.0 Å². The van der Waals surface area contributed by atoms with Gasteiger partial charge in [-0.1, -0.05) is 0 Å². The first-order valence-corrected chi connectivity index (χ1v) is 8.35. The molecule has 116 valence electrons. The minimum Gasteiger partial charge on any atom is -0.381 e. The monoisotopic (exact) mass is 282 g/mol. The zero-order valence-corrected chi connectivity index (χ0v) is 12.7. The summed E-state index contributed by atoms with van der Waals surface area (Å²) < 4.78 is 5.42. The Labute approximate surface area is 123 Å². The van der Waals surface area contributed by atoms with E-state index < -0.39 is 0 Å². The van der Waals surface area contributed by atoms with E-state index in [0.717, 1.165) is 44.4 Å². The third kappa shape index (κ3) is 5.80. The SMILES string of the molecule is O=CNCCCC1CCN(CCC2CCOCC2)CC1. The Hall–Kier alpha value is -0.610. The Bertz CT molecular complexity index is 259. The molecule has 2 aliphatic rings. The summed E-state index contributed by atoms with van der Waals surface area (Å²) in [5, 5.41) is 2.75. The molecular weight excluding hydrogens is 252 g/mol. The number of likely N-dealkylation sites (tertiary alicyclic amines) is 1. The van der Waals surface area contributed by atoms with Crippen LogP contribution in [0.2, 0.25) is 0 Å². The highest BCUT2D eigenvalue weighted by molar-refractivity contribution is 5.45. The van der Waals surface area contributed by atoms with Gasteiger partial charge in [-0.15, -0.1) is 0 Å². The summed E-state index contributed by atoms with van der Waals surface area (Å²) >= 11 is 0. The fourth-order valence-corrected chi connectivity index (χ4v) is 3.45. The van der Waals surface area contributed by atoms with Crippen molar-refractivity contribution in [2.24, 2.45) is 11.8 Å². The summed E-state index contributed by atoms with van der Waals surface area (Å²) in [7, 11) is 0. The molecule has 4 heteroatoms. The molecule has 20 heavy (non-hydrogen) atoms. The Morgan fingerprint density at radius 2 is 1.75 bits per heavy atom. The van der Waals surface area contributed by atoms with Gasteiger partial charge in [0.15, 0.2) is 0 Å². The number of piperidine rings is 1. The first-order chi connectivity index (χ1) is 9.88. The fourth-order valence-electron chi connectivity index (χ4n) is 3.45. The van der Waals surface area contributed by atoms with Gasteiger partial charge >= 0.3 is 0 Å². The maximum Gasteiger partial charge on any atom is 0.207 e. The molecule has 2 saturated heterocycles. The van der Waals surface area contributed by atoms with Crippen LogP contribution in [0.3, 0.4) is 0 Å². The van der Waals surface area contributed by atoms with Crippen LogP contribution in [0.15, 0.2) is 0 Å². The molecule has 0 aromatic carbocycles. The van der Waals surface area contributed by atoms with Crippen LogP contribution in [0.5, 0.6) is 0 Å². The maximum atomic E-state index is 10.2. The number of carbonyl (C=O) groups excluding carboxylic acids is 1. The molecule has 1 N–H and O–H groups in total. The lowest BCUT2D eigenvalue weighted by Gasteiger charge is -2.33. The van der Waals surface area contributed by atoms with Crippen LogP contribution < -0.4 is 5.32 Å². The van der Waals surface area contributed by atoms with Crippen LogP contribution in [-0.2, 0) is 9.53 Å². The molecule has 2 aliphatic heterocycles. The smallest absolute Gasteiger partial charge is 0.207 e. The predicted octanol–water partition coefficient (Wildman–Crippen LogP) is 2.04. The minimum atomic E-state index is 0.804. The van der Waals surface area contributed by atoms with Crippen molar-refractivity contribution in [3.05, 3.63) is 0 Å². The Morgan fingerprint density at radius 1 is 1.05 bits per heavy atom. The van der Waals surface area contributed by atoms with E-state index in [2.05, 4.69) is 10.2 Å². The van der Waals surface area contributed by atoms with E-state index in [9.17, 15) is 4.79 Å². The molecule has 0 atom stereocenters. The number of carbonyl (C=O) groups is 1. The number of hydrogen-bond donors (Lipinski definition) is 1. The molecule has 0 aromatic heterocycles. The lowest BCUT2D eigenvalue weighted by atomic mass is 9.91. The molecule has 0 radical (unpaired) electrons. The fraction of sp³-hybridized carbons (Fsp3) is 0.938. The molecular formula is C16H30N2O2. The number of hydrogen-bond acceptors (Lipinski definition) is 3. The summed E-state index contributed by atoms with van der Waals surface area (Å²) in [6, 6.07) is 0. The van der Waals surface area contributed by atoms with Crippen molar-refractivity contribution in [3.63, 3.8) is 0 Å². The molecule has 0 unspecified atom stereocenters. The van der Waals surface area contributed by atoms with Gasteiger partial charge in [0.25, 0.3) is 0 Å². The van der Waals surface area contributed by atoms with E-state index in [4.69, 9.17) is 4.74 Å². The van der Waals surface area contributed by atoms with Crippen molar-refractivity contribution >= 4 is 6.41 Å². The van der Waals surface area contributed by atoms with E-state index in [0.29, 0.717) is 0 Å². The average molecular weight is 282 g/mol. The van der Waals surface area contributed by atoms with Crippen molar-refractivity contribution in [1.82, 2.24) is 10.2 Å². The number of nitrogens with one attached hydrogen (secondary N) is 1. The number of nitrogens with zero attached hydrogens (tertiary/aromatic N) is 1. The van der Waals surface area contributed by atoms with Crippen molar-refractivity contribution in [3.8, 4) is 0 Å². The second-order valence-electron chi connectivity index (χ2n) is 6.34. The lowest BCUT2D eigenvalue weighted by molar-refractivity contribution is -0.109. The number of ether oxygens (including phenoxy) is 1. The zero-order chi connectivity index (χ0) is 14.0. The standard InChI is InChI=1S/C16H30N2O2/c19-14-17-8-1-2-15-3-9-18(10-4-15)11-5-16-6-12-20-13-7-16/h14-16H,1-13H2,(H,17,19). The summed E-state index contributed by atoms with van der Waals surface area (Å²) in [6.45, 7) is 6.62. The molecule has 0 spiro atoms. The first-order valence-electron chi connectivity index (χ1n) is 8.35. The van der Waals surface area contributed by atoms with Crippen molar-refractivity contribution in [1.29, 1.82) is 0 Å². The molecule has 0 aromatic rings.